The average molecular weight is 263 g/mol. The topological polar surface area (TPSA) is 121 Å². The van der Waals surface area contributed by atoms with Crippen LogP contribution in [0.15, 0.2) is 12.1 Å². The van der Waals surface area contributed by atoms with Crippen molar-refractivity contribution in [3.63, 3.8) is 0 Å². The number of nitro groups is 1. The molecule has 0 saturated carbocycles. The molecule has 0 radical (unpaired) electrons. The zero-order chi connectivity index (χ0) is 14.4. The lowest BCUT2D eigenvalue weighted by atomic mass is 10.3. The van der Waals surface area contributed by atoms with Gasteiger partial charge in [0.05, 0.1) is 11.5 Å². The maximum absolute atomic E-state index is 11.4. The van der Waals surface area contributed by atoms with Crippen molar-refractivity contribution < 1.29 is 9.72 Å². The van der Waals surface area contributed by atoms with Crippen LogP contribution in [0.3, 0.4) is 0 Å². The monoisotopic (exact) mass is 263 g/mol. The third kappa shape index (κ3) is 4.23. The minimum absolute atomic E-state index is 0.0200. The summed E-state index contributed by atoms with van der Waals surface area (Å²) in [6, 6.07) is 4.19. The molecule has 0 unspecified atom stereocenters. The van der Waals surface area contributed by atoms with E-state index in [0.29, 0.717) is 0 Å². The van der Waals surface area contributed by atoms with Gasteiger partial charge >= 0.3 is 5.69 Å². The van der Waals surface area contributed by atoms with Gasteiger partial charge in [-0.2, -0.15) is 5.26 Å². The highest BCUT2D eigenvalue weighted by Crippen LogP contribution is 2.17. The number of carbonyl (C=O) groups excluding carboxylic acids is 1. The number of amides is 1. The lowest BCUT2D eigenvalue weighted by molar-refractivity contribution is -0.385. The van der Waals surface area contributed by atoms with Crippen molar-refractivity contribution in [2.75, 3.05) is 11.9 Å². The number of aromatic nitrogens is 1. The van der Waals surface area contributed by atoms with Crippen LogP contribution in [0.4, 0.5) is 11.5 Å². The molecule has 0 aromatic carbocycles. The Balaban J connectivity index is 2.74. The number of anilines is 1. The van der Waals surface area contributed by atoms with E-state index in [-0.39, 0.29) is 35.7 Å². The molecule has 8 heteroatoms. The molecule has 0 spiro atoms. The van der Waals surface area contributed by atoms with E-state index in [0.717, 1.165) is 0 Å². The van der Waals surface area contributed by atoms with Crippen LogP contribution in [0.2, 0.25) is 0 Å². The van der Waals surface area contributed by atoms with Gasteiger partial charge in [0.1, 0.15) is 11.9 Å². The molecule has 1 amide bonds. The fourth-order valence-corrected chi connectivity index (χ4v) is 1.32. The van der Waals surface area contributed by atoms with Crippen molar-refractivity contribution >= 4 is 17.4 Å². The summed E-state index contributed by atoms with van der Waals surface area (Å²) in [5.74, 6) is 0.00900. The van der Waals surface area contributed by atoms with Crippen molar-refractivity contribution in [2.45, 2.75) is 19.9 Å². The van der Waals surface area contributed by atoms with E-state index in [1.807, 2.05) is 13.8 Å². The molecule has 0 aliphatic heterocycles. The fraction of sp³-hybridized carbons (Fsp3) is 0.364. The maximum atomic E-state index is 11.4. The lowest BCUT2D eigenvalue weighted by Gasteiger charge is -2.09. The Morgan fingerprint density at radius 2 is 2.26 bits per heavy atom. The van der Waals surface area contributed by atoms with Crippen molar-refractivity contribution in [3.8, 4) is 6.07 Å². The van der Waals surface area contributed by atoms with E-state index in [2.05, 4.69) is 15.6 Å². The van der Waals surface area contributed by atoms with Crippen molar-refractivity contribution in [1.29, 1.82) is 5.26 Å². The molecule has 1 heterocycles. The molecular formula is C11H13N5O3. The molecule has 0 aliphatic rings. The van der Waals surface area contributed by atoms with Crippen LogP contribution < -0.4 is 10.6 Å². The van der Waals surface area contributed by atoms with E-state index in [1.165, 1.54) is 12.1 Å². The second kappa shape index (κ2) is 6.30. The summed E-state index contributed by atoms with van der Waals surface area (Å²) in [6.07, 6.45) is 0. The minimum atomic E-state index is -0.680. The Hall–Kier alpha value is -2.69. The van der Waals surface area contributed by atoms with Crippen LogP contribution >= 0.6 is 0 Å². The molecule has 0 saturated heterocycles. The van der Waals surface area contributed by atoms with Gasteiger partial charge in [0.15, 0.2) is 0 Å². The molecule has 1 aromatic heterocycles. The third-order valence-corrected chi connectivity index (χ3v) is 2.06. The molecule has 8 nitrogen and oxygen atoms in total. The lowest BCUT2D eigenvalue weighted by Crippen LogP contribution is -2.34. The molecule has 19 heavy (non-hydrogen) atoms. The van der Waals surface area contributed by atoms with Gasteiger partial charge in [-0.25, -0.2) is 4.98 Å². The number of hydrogen-bond donors (Lipinski definition) is 2. The van der Waals surface area contributed by atoms with Crippen LogP contribution in [-0.2, 0) is 4.79 Å². The second-order valence-electron chi connectivity index (χ2n) is 4.01. The molecule has 0 bridgehead atoms. The Morgan fingerprint density at radius 1 is 1.58 bits per heavy atom. The number of nitrogens with one attached hydrogen (secondary N) is 2. The Kier molecular flexibility index (Phi) is 4.76. The largest absolute Gasteiger partial charge is 0.361 e. The quantitative estimate of drug-likeness (QED) is 0.598. The number of rotatable bonds is 5. The van der Waals surface area contributed by atoms with Gasteiger partial charge in [0.2, 0.25) is 11.6 Å². The SMILES string of the molecule is CC(C)NC(=O)CNc1ccc([N+](=O)[O-])c(C#N)n1. The first-order chi connectivity index (χ1) is 8.93. The van der Waals surface area contributed by atoms with Crippen LogP contribution in [0.25, 0.3) is 0 Å². The van der Waals surface area contributed by atoms with Gasteiger partial charge in [-0.05, 0) is 19.9 Å². The van der Waals surface area contributed by atoms with Crippen molar-refractivity contribution in [3.05, 3.63) is 27.9 Å². The summed E-state index contributed by atoms with van der Waals surface area (Å²) in [5, 5.41) is 24.7. The van der Waals surface area contributed by atoms with Gasteiger partial charge < -0.3 is 10.6 Å². The van der Waals surface area contributed by atoms with E-state index >= 15 is 0 Å². The predicted octanol–water partition coefficient (Wildman–Crippen LogP) is 0.798. The molecule has 2 N–H and O–H groups in total. The van der Waals surface area contributed by atoms with E-state index in [9.17, 15) is 14.9 Å². The Bertz CT molecular complexity index is 536. The smallest absolute Gasteiger partial charge is 0.305 e. The van der Waals surface area contributed by atoms with Gasteiger partial charge in [0, 0.05) is 12.1 Å². The number of nitriles is 1. The Morgan fingerprint density at radius 3 is 2.79 bits per heavy atom. The van der Waals surface area contributed by atoms with Crippen molar-refractivity contribution in [1.82, 2.24) is 10.3 Å². The molecular weight excluding hydrogens is 250 g/mol. The normalized spacial score (nSPS) is 9.79. The van der Waals surface area contributed by atoms with Gasteiger partial charge in [-0.15, -0.1) is 0 Å². The third-order valence-electron chi connectivity index (χ3n) is 2.06. The van der Waals surface area contributed by atoms with Crippen LogP contribution in [0.1, 0.15) is 19.5 Å². The highest BCUT2D eigenvalue weighted by atomic mass is 16.6. The first-order valence-corrected chi connectivity index (χ1v) is 5.52. The number of pyridine rings is 1. The number of nitrogens with zero attached hydrogens (tertiary/aromatic N) is 3. The van der Waals surface area contributed by atoms with Gasteiger partial charge in [0.25, 0.3) is 0 Å². The van der Waals surface area contributed by atoms with E-state index in [1.54, 1.807) is 6.07 Å². The second-order valence-corrected chi connectivity index (χ2v) is 4.01. The minimum Gasteiger partial charge on any atom is -0.361 e. The zero-order valence-corrected chi connectivity index (χ0v) is 10.5. The molecule has 1 rings (SSSR count). The highest BCUT2D eigenvalue weighted by Gasteiger charge is 2.15. The predicted molar refractivity (Wildman–Crippen MR) is 67.4 cm³/mol. The molecule has 1 aromatic rings. The summed E-state index contributed by atoms with van der Waals surface area (Å²) in [5.41, 5.74) is -0.654. The Labute approximate surface area is 109 Å². The van der Waals surface area contributed by atoms with Gasteiger partial charge in [-0.3, -0.25) is 14.9 Å². The molecule has 0 aliphatic carbocycles. The first-order valence-electron chi connectivity index (χ1n) is 5.52. The molecule has 0 atom stereocenters. The summed E-state index contributed by atoms with van der Waals surface area (Å²) in [7, 11) is 0. The number of hydrogen-bond acceptors (Lipinski definition) is 6. The van der Waals surface area contributed by atoms with Crippen LogP contribution in [-0.4, -0.2) is 28.4 Å². The summed E-state index contributed by atoms with van der Waals surface area (Å²) >= 11 is 0. The summed E-state index contributed by atoms with van der Waals surface area (Å²) in [4.78, 5) is 25.1. The standard InChI is InChI=1S/C11H13N5O3/c1-7(2)14-11(17)6-13-10-4-3-9(16(18)19)8(5-12)15-10/h3-4,7H,6H2,1-2H3,(H,13,15)(H,14,17). The maximum Gasteiger partial charge on any atom is 0.305 e. The van der Waals surface area contributed by atoms with E-state index < -0.39 is 4.92 Å². The summed E-state index contributed by atoms with van der Waals surface area (Å²) < 4.78 is 0. The highest BCUT2D eigenvalue weighted by molar-refractivity contribution is 5.80. The fourth-order valence-electron chi connectivity index (χ4n) is 1.32. The zero-order valence-electron chi connectivity index (χ0n) is 10.5. The average Bonchev–Trinajstić information content (AvgIpc) is 2.34. The number of carbonyl (C=O) groups is 1. The van der Waals surface area contributed by atoms with Gasteiger partial charge in [-0.1, -0.05) is 0 Å². The van der Waals surface area contributed by atoms with Crippen LogP contribution in [0.5, 0.6) is 0 Å². The first kappa shape index (κ1) is 14.4. The summed E-state index contributed by atoms with van der Waals surface area (Å²) in [6.45, 7) is 3.64. The van der Waals surface area contributed by atoms with Crippen molar-refractivity contribution in [2.24, 2.45) is 0 Å². The van der Waals surface area contributed by atoms with Crippen LogP contribution in [0, 0.1) is 21.4 Å². The molecule has 100 valence electrons. The molecule has 0 fully saturated rings. The van der Waals surface area contributed by atoms with E-state index in [4.69, 9.17) is 5.26 Å².